The maximum Gasteiger partial charge on any atom is 0.236 e. The molecule has 0 aliphatic carbocycles. The van der Waals surface area contributed by atoms with E-state index >= 15 is 0 Å². The predicted octanol–water partition coefficient (Wildman–Crippen LogP) is 4.71. The van der Waals surface area contributed by atoms with Gasteiger partial charge < -0.3 is 5.32 Å². The Morgan fingerprint density at radius 2 is 1.87 bits per heavy atom. The molecule has 152 valence electrons. The molecule has 0 saturated carbocycles. The van der Waals surface area contributed by atoms with Gasteiger partial charge in [0, 0.05) is 18.5 Å². The molecule has 1 N–H and O–H groups in total. The van der Waals surface area contributed by atoms with E-state index in [0.29, 0.717) is 5.82 Å². The number of para-hydroxylation sites is 1. The highest BCUT2D eigenvalue weighted by molar-refractivity contribution is 7.99. The van der Waals surface area contributed by atoms with Crippen LogP contribution in [-0.4, -0.2) is 31.0 Å². The van der Waals surface area contributed by atoms with Crippen molar-refractivity contribution in [1.82, 2.24) is 19.3 Å². The zero-order chi connectivity index (χ0) is 21.1. The number of thioether (sulfide) groups is 1. The number of aryl methyl sites for hydroxylation is 3. The highest BCUT2D eigenvalue weighted by Gasteiger charge is 2.14. The van der Waals surface area contributed by atoms with Crippen molar-refractivity contribution in [1.29, 1.82) is 0 Å². The van der Waals surface area contributed by atoms with E-state index in [9.17, 15) is 4.79 Å². The number of anilines is 1. The summed E-state index contributed by atoms with van der Waals surface area (Å²) in [5.41, 5.74) is 5.20. The molecule has 1 amide bonds. The van der Waals surface area contributed by atoms with Gasteiger partial charge >= 0.3 is 0 Å². The second-order valence-electron chi connectivity index (χ2n) is 7.12. The van der Waals surface area contributed by atoms with Crippen LogP contribution in [0.5, 0.6) is 0 Å². The van der Waals surface area contributed by atoms with Gasteiger partial charge in [0.05, 0.1) is 22.8 Å². The van der Waals surface area contributed by atoms with Gasteiger partial charge in [-0.2, -0.15) is 5.10 Å². The number of carbonyl (C=O) groups excluding carboxylic acids is 1. The lowest BCUT2D eigenvalue weighted by molar-refractivity contribution is -0.113. The van der Waals surface area contributed by atoms with E-state index < -0.39 is 0 Å². The number of hydrogen-bond acceptors (Lipinski definition) is 4. The second kappa shape index (κ2) is 8.59. The van der Waals surface area contributed by atoms with E-state index in [1.54, 1.807) is 10.9 Å². The summed E-state index contributed by atoms with van der Waals surface area (Å²) in [4.78, 5) is 17.1. The SMILES string of the molecule is Cc1ccc(-n2ccnc2SCC(=O)Nc2cc(C)nn2-c2ccccc2)c(C)c1. The molecule has 6 nitrogen and oxygen atoms in total. The van der Waals surface area contributed by atoms with Crippen LogP contribution in [0.4, 0.5) is 5.82 Å². The average molecular weight is 418 g/mol. The number of hydrogen-bond donors (Lipinski definition) is 1. The number of aromatic nitrogens is 4. The van der Waals surface area contributed by atoms with Crippen molar-refractivity contribution in [3.63, 3.8) is 0 Å². The molecule has 0 fully saturated rings. The van der Waals surface area contributed by atoms with Crippen LogP contribution in [0.2, 0.25) is 0 Å². The van der Waals surface area contributed by atoms with Gasteiger partial charge in [-0.15, -0.1) is 0 Å². The third-order valence-corrected chi connectivity index (χ3v) is 5.62. The summed E-state index contributed by atoms with van der Waals surface area (Å²) in [5.74, 6) is 0.801. The monoisotopic (exact) mass is 417 g/mol. The maximum atomic E-state index is 12.6. The fourth-order valence-electron chi connectivity index (χ4n) is 3.32. The van der Waals surface area contributed by atoms with Gasteiger partial charge in [-0.05, 0) is 44.5 Å². The molecule has 0 unspecified atom stereocenters. The minimum atomic E-state index is -0.104. The molecule has 0 saturated heterocycles. The van der Waals surface area contributed by atoms with E-state index in [1.165, 1.54) is 22.9 Å². The summed E-state index contributed by atoms with van der Waals surface area (Å²) in [6.07, 6.45) is 3.68. The van der Waals surface area contributed by atoms with Gasteiger partial charge in [-0.25, -0.2) is 9.67 Å². The van der Waals surface area contributed by atoms with Crippen molar-refractivity contribution in [2.45, 2.75) is 25.9 Å². The van der Waals surface area contributed by atoms with E-state index in [1.807, 2.05) is 54.1 Å². The Bertz CT molecular complexity index is 1180. The van der Waals surface area contributed by atoms with Crippen molar-refractivity contribution >= 4 is 23.5 Å². The molecule has 0 aliphatic heterocycles. The second-order valence-corrected chi connectivity index (χ2v) is 8.07. The van der Waals surface area contributed by atoms with Crippen molar-refractivity contribution < 1.29 is 4.79 Å². The van der Waals surface area contributed by atoms with Gasteiger partial charge in [0.2, 0.25) is 5.91 Å². The van der Waals surface area contributed by atoms with Crippen molar-refractivity contribution in [2.24, 2.45) is 0 Å². The summed E-state index contributed by atoms with van der Waals surface area (Å²) in [7, 11) is 0. The van der Waals surface area contributed by atoms with Crippen molar-refractivity contribution in [2.75, 3.05) is 11.1 Å². The first-order valence-corrected chi connectivity index (χ1v) is 10.7. The van der Waals surface area contributed by atoms with Crippen LogP contribution in [0, 0.1) is 20.8 Å². The van der Waals surface area contributed by atoms with Gasteiger partial charge in [0.1, 0.15) is 5.82 Å². The Balaban J connectivity index is 1.47. The van der Waals surface area contributed by atoms with E-state index in [0.717, 1.165) is 22.2 Å². The lowest BCUT2D eigenvalue weighted by Gasteiger charge is -2.11. The number of carbonyl (C=O) groups is 1. The number of nitrogens with zero attached hydrogens (tertiary/aromatic N) is 4. The first-order valence-electron chi connectivity index (χ1n) is 9.67. The van der Waals surface area contributed by atoms with Gasteiger partial charge in [0.25, 0.3) is 0 Å². The number of nitrogens with one attached hydrogen (secondary N) is 1. The van der Waals surface area contributed by atoms with E-state index in [2.05, 4.69) is 47.4 Å². The summed E-state index contributed by atoms with van der Waals surface area (Å²) >= 11 is 1.41. The molecule has 0 aliphatic rings. The fraction of sp³-hybridized carbons (Fsp3) is 0.174. The molecule has 0 atom stereocenters. The Morgan fingerprint density at radius 3 is 2.63 bits per heavy atom. The molecule has 2 heterocycles. The number of benzene rings is 2. The molecule has 0 radical (unpaired) electrons. The Kier molecular flexibility index (Phi) is 5.72. The van der Waals surface area contributed by atoms with Crippen LogP contribution in [-0.2, 0) is 4.79 Å². The minimum Gasteiger partial charge on any atom is -0.310 e. The molecular formula is C23H23N5OS. The van der Waals surface area contributed by atoms with Gasteiger partial charge in [0.15, 0.2) is 5.16 Å². The Morgan fingerprint density at radius 1 is 1.07 bits per heavy atom. The topological polar surface area (TPSA) is 64.7 Å². The normalized spacial score (nSPS) is 10.9. The molecule has 4 rings (SSSR count). The van der Waals surface area contributed by atoms with Crippen molar-refractivity contribution in [3.05, 3.63) is 83.8 Å². The van der Waals surface area contributed by atoms with Crippen molar-refractivity contribution in [3.8, 4) is 11.4 Å². The van der Waals surface area contributed by atoms with E-state index in [-0.39, 0.29) is 11.7 Å². The molecule has 2 aromatic heterocycles. The summed E-state index contributed by atoms with van der Waals surface area (Å²) < 4.78 is 3.76. The van der Waals surface area contributed by atoms with Gasteiger partial charge in [-0.3, -0.25) is 9.36 Å². The van der Waals surface area contributed by atoms with Gasteiger partial charge in [-0.1, -0.05) is 47.7 Å². The quantitative estimate of drug-likeness (QED) is 0.461. The molecule has 0 spiro atoms. The Labute approximate surface area is 180 Å². The summed E-state index contributed by atoms with van der Waals surface area (Å²) in [6, 6.07) is 17.9. The van der Waals surface area contributed by atoms with E-state index in [4.69, 9.17) is 0 Å². The first kappa shape index (κ1) is 20.0. The standard InChI is InChI=1S/C23H23N5OS/c1-16-9-10-20(17(2)13-16)27-12-11-24-23(27)30-15-22(29)25-21-14-18(3)26-28(21)19-7-5-4-6-8-19/h4-14H,15H2,1-3H3,(H,25,29). The largest absolute Gasteiger partial charge is 0.310 e. The van der Waals surface area contributed by atoms with Crippen LogP contribution >= 0.6 is 11.8 Å². The number of amides is 1. The zero-order valence-corrected chi connectivity index (χ0v) is 18.0. The van der Waals surface area contributed by atoms with Crippen LogP contribution in [0.15, 0.2) is 72.1 Å². The average Bonchev–Trinajstić information content (AvgIpc) is 3.33. The molecule has 7 heteroatoms. The molecule has 4 aromatic rings. The zero-order valence-electron chi connectivity index (χ0n) is 17.2. The number of imidazole rings is 1. The van der Waals surface area contributed by atoms with Crippen LogP contribution in [0.25, 0.3) is 11.4 Å². The molecule has 30 heavy (non-hydrogen) atoms. The summed E-state index contributed by atoms with van der Waals surface area (Å²) in [6.45, 7) is 6.06. The summed E-state index contributed by atoms with van der Waals surface area (Å²) in [5, 5.41) is 8.25. The minimum absolute atomic E-state index is 0.104. The number of rotatable bonds is 6. The Hall–Kier alpha value is -3.32. The molecule has 0 bridgehead atoms. The van der Waals surface area contributed by atoms with Crippen LogP contribution in [0.3, 0.4) is 0 Å². The predicted molar refractivity (Wildman–Crippen MR) is 121 cm³/mol. The van der Waals surface area contributed by atoms with Crippen LogP contribution in [0.1, 0.15) is 16.8 Å². The molecule has 2 aromatic carbocycles. The maximum absolute atomic E-state index is 12.6. The van der Waals surface area contributed by atoms with Crippen LogP contribution < -0.4 is 5.32 Å². The fourth-order valence-corrected chi connectivity index (χ4v) is 4.09. The lowest BCUT2D eigenvalue weighted by Crippen LogP contribution is -2.17. The third kappa shape index (κ3) is 4.31. The smallest absolute Gasteiger partial charge is 0.236 e. The third-order valence-electron chi connectivity index (χ3n) is 4.65. The lowest BCUT2D eigenvalue weighted by atomic mass is 10.1. The molecular weight excluding hydrogens is 394 g/mol. The highest BCUT2D eigenvalue weighted by Crippen LogP contribution is 2.24. The first-order chi connectivity index (χ1) is 14.5. The highest BCUT2D eigenvalue weighted by atomic mass is 32.2.